The summed E-state index contributed by atoms with van der Waals surface area (Å²) in [6.07, 6.45) is 2.69. The maximum atomic E-state index is 5.54. The van der Waals surface area contributed by atoms with Crippen LogP contribution in [0.2, 0.25) is 0 Å². The molecule has 8 nitrogen and oxygen atoms in total. The molecule has 1 saturated heterocycles. The molecule has 1 aliphatic heterocycles. The number of guanidine groups is 1. The molecule has 0 unspecified atom stereocenters. The molecule has 2 heterocycles. The fourth-order valence-electron chi connectivity index (χ4n) is 3.61. The van der Waals surface area contributed by atoms with E-state index >= 15 is 0 Å². The van der Waals surface area contributed by atoms with E-state index in [-0.39, 0.29) is 0 Å². The Hall–Kier alpha value is -2.77. The van der Waals surface area contributed by atoms with Crippen LogP contribution in [0.3, 0.4) is 0 Å². The Morgan fingerprint density at radius 2 is 1.97 bits per heavy atom. The monoisotopic (exact) mass is 413 g/mol. The largest absolute Gasteiger partial charge is 0.495 e. The molecular weight excluding hydrogens is 378 g/mol. The molecule has 1 aromatic heterocycles. The summed E-state index contributed by atoms with van der Waals surface area (Å²) in [5, 5.41) is 11.7. The number of nitrogens with zero attached hydrogens (tertiary/aromatic N) is 6. The summed E-state index contributed by atoms with van der Waals surface area (Å²) in [6, 6.07) is 8.23. The van der Waals surface area contributed by atoms with E-state index in [1.165, 1.54) is 0 Å². The maximum Gasteiger partial charge on any atom is 0.194 e. The Kier molecular flexibility index (Phi) is 7.93. The van der Waals surface area contributed by atoms with E-state index < -0.39 is 0 Å². The molecule has 2 aromatic rings. The summed E-state index contributed by atoms with van der Waals surface area (Å²) in [4.78, 5) is 9.64. The van der Waals surface area contributed by atoms with Gasteiger partial charge in [0.05, 0.1) is 12.8 Å². The highest BCUT2D eigenvalue weighted by Crippen LogP contribution is 2.28. The quantitative estimate of drug-likeness (QED) is 0.529. The number of hydrogen-bond acceptors (Lipinski definition) is 5. The Labute approximate surface area is 179 Å². The number of methoxy groups -OCH3 is 1. The van der Waals surface area contributed by atoms with E-state index in [0.717, 1.165) is 75.5 Å². The molecule has 0 radical (unpaired) electrons. The Bertz CT molecular complexity index is 809. The second-order valence-electron chi connectivity index (χ2n) is 7.92. The topological polar surface area (TPSA) is 70.8 Å². The fourth-order valence-corrected chi connectivity index (χ4v) is 3.61. The first-order chi connectivity index (χ1) is 14.6. The van der Waals surface area contributed by atoms with Gasteiger partial charge in [-0.25, -0.2) is 0 Å². The van der Waals surface area contributed by atoms with Crippen LogP contribution in [0.1, 0.15) is 26.6 Å². The Balaban J connectivity index is 1.60. The van der Waals surface area contributed by atoms with Gasteiger partial charge in [-0.15, -0.1) is 10.2 Å². The number of aromatic nitrogens is 3. The highest BCUT2D eigenvalue weighted by Gasteiger charge is 2.22. The molecule has 0 bridgehead atoms. The zero-order valence-electron chi connectivity index (χ0n) is 18.7. The molecule has 30 heavy (non-hydrogen) atoms. The van der Waals surface area contributed by atoms with Crippen LogP contribution >= 0.6 is 0 Å². The van der Waals surface area contributed by atoms with Gasteiger partial charge in [-0.3, -0.25) is 4.99 Å². The van der Waals surface area contributed by atoms with Crippen LogP contribution in [-0.2, 0) is 13.0 Å². The predicted octanol–water partition coefficient (Wildman–Crippen LogP) is 2.27. The lowest BCUT2D eigenvalue weighted by atomic mass is 10.2. The summed E-state index contributed by atoms with van der Waals surface area (Å²) in [5.41, 5.74) is 1.16. The van der Waals surface area contributed by atoms with E-state index in [4.69, 9.17) is 9.73 Å². The van der Waals surface area contributed by atoms with E-state index in [1.807, 2.05) is 12.1 Å². The average molecular weight is 414 g/mol. The molecule has 1 aromatic carbocycles. The van der Waals surface area contributed by atoms with Crippen molar-refractivity contribution in [2.24, 2.45) is 10.9 Å². The van der Waals surface area contributed by atoms with Crippen molar-refractivity contribution in [3.8, 4) is 5.75 Å². The molecule has 0 aliphatic carbocycles. The molecule has 0 spiro atoms. The van der Waals surface area contributed by atoms with Gasteiger partial charge in [0.15, 0.2) is 5.96 Å². The van der Waals surface area contributed by atoms with Gasteiger partial charge in [-0.05, 0) is 18.1 Å². The number of ether oxygens (including phenoxy) is 1. The van der Waals surface area contributed by atoms with Gasteiger partial charge in [-0.2, -0.15) is 0 Å². The number of aryl methyl sites for hydroxylation is 1. The van der Waals surface area contributed by atoms with Crippen LogP contribution < -0.4 is 15.0 Å². The molecule has 164 valence electrons. The molecule has 0 amide bonds. The van der Waals surface area contributed by atoms with Gasteiger partial charge >= 0.3 is 0 Å². The second kappa shape index (κ2) is 10.8. The third-order valence-electron chi connectivity index (χ3n) is 5.26. The third kappa shape index (κ3) is 5.64. The van der Waals surface area contributed by atoms with Gasteiger partial charge < -0.3 is 24.4 Å². The number of piperazine rings is 1. The van der Waals surface area contributed by atoms with E-state index in [2.05, 4.69) is 62.8 Å². The van der Waals surface area contributed by atoms with Gasteiger partial charge in [-0.1, -0.05) is 32.9 Å². The minimum absolute atomic E-state index is 0.529. The molecule has 1 N–H and O–H groups in total. The Morgan fingerprint density at radius 1 is 1.20 bits per heavy atom. The molecule has 1 aliphatic rings. The summed E-state index contributed by atoms with van der Waals surface area (Å²) in [7, 11) is 1.73. The standard InChI is InChI=1S/C22H35N7O/c1-5-21-26-25-17-29(21)11-10-23-22(24-16-18(2)3)28-14-12-27(13-15-28)19-8-6-7-9-20(19)30-4/h6-9,17-18H,5,10-16H2,1-4H3,(H,23,24). The van der Waals surface area contributed by atoms with Crippen molar-refractivity contribution in [1.82, 2.24) is 25.0 Å². The van der Waals surface area contributed by atoms with Crippen molar-refractivity contribution >= 4 is 11.6 Å². The first kappa shape index (κ1) is 21.9. The summed E-state index contributed by atoms with van der Waals surface area (Å²) < 4.78 is 7.65. The minimum atomic E-state index is 0.529. The zero-order chi connectivity index (χ0) is 21.3. The van der Waals surface area contributed by atoms with Gasteiger partial charge in [0.25, 0.3) is 0 Å². The van der Waals surface area contributed by atoms with Crippen molar-refractivity contribution in [1.29, 1.82) is 0 Å². The van der Waals surface area contributed by atoms with Crippen LogP contribution in [-0.4, -0.2) is 72.0 Å². The number of aliphatic imine (C=N–C) groups is 1. The van der Waals surface area contributed by atoms with E-state index in [9.17, 15) is 0 Å². The van der Waals surface area contributed by atoms with Gasteiger partial charge in [0.1, 0.15) is 17.9 Å². The van der Waals surface area contributed by atoms with E-state index in [0.29, 0.717) is 5.92 Å². The van der Waals surface area contributed by atoms with Gasteiger partial charge in [0, 0.05) is 52.2 Å². The number of para-hydroxylation sites is 2. The zero-order valence-corrected chi connectivity index (χ0v) is 18.7. The molecule has 0 saturated carbocycles. The fraction of sp³-hybridized carbons (Fsp3) is 0.591. The first-order valence-corrected chi connectivity index (χ1v) is 10.9. The van der Waals surface area contributed by atoms with Crippen molar-refractivity contribution < 1.29 is 4.74 Å². The van der Waals surface area contributed by atoms with Crippen molar-refractivity contribution in [3.05, 3.63) is 36.4 Å². The van der Waals surface area contributed by atoms with Crippen molar-refractivity contribution in [2.45, 2.75) is 33.7 Å². The van der Waals surface area contributed by atoms with Gasteiger partial charge in [0.2, 0.25) is 0 Å². The van der Waals surface area contributed by atoms with Crippen LogP contribution in [0.15, 0.2) is 35.6 Å². The normalized spacial score (nSPS) is 15.0. The van der Waals surface area contributed by atoms with Crippen LogP contribution in [0.4, 0.5) is 5.69 Å². The lowest BCUT2D eigenvalue weighted by Gasteiger charge is -2.38. The smallest absolute Gasteiger partial charge is 0.194 e. The summed E-state index contributed by atoms with van der Waals surface area (Å²) in [6.45, 7) is 12.7. The number of nitrogens with one attached hydrogen (secondary N) is 1. The maximum absolute atomic E-state index is 5.54. The molecular formula is C22H35N7O. The molecule has 1 fully saturated rings. The third-order valence-corrected chi connectivity index (χ3v) is 5.26. The highest BCUT2D eigenvalue weighted by atomic mass is 16.5. The average Bonchev–Trinajstić information content (AvgIpc) is 3.23. The van der Waals surface area contributed by atoms with Crippen molar-refractivity contribution in [3.63, 3.8) is 0 Å². The second-order valence-corrected chi connectivity index (χ2v) is 7.92. The lowest BCUT2D eigenvalue weighted by molar-refractivity contribution is 0.364. The number of anilines is 1. The molecule has 0 atom stereocenters. The molecule has 8 heteroatoms. The number of hydrogen-bond donors (Lipinski definition) is 1. The SMILES string of the molecule is CCc1nncn1CCNC(=NCC(C)C)N1CCN(c2ccccc2OC)CC1. The van der Waals surface area contributed by atoms with Crippen LogP contribution in [0, 0.1) is 5.92 Å². The highest BCUT2D eigenvalue weighted by molar-refractivity contribution is 5.80. The minimum Gasteiger partial charge on any atom is -0.495 e. The van der Waals surface area contributed by atoms with Crippen LogP contribution in [0.5, 0.6) is 5.75 Å². The number of rotatable bonds is 8. The van der Waals surface area contributed by atoms with Crippen molar-refractivity contribution in [2.75, 3.05) is 51.3 Å². The summed E-state index contributed by atoms with van der Waals surface area (Å²) >= 11 is 0. The Morgan fingerprint density at radius 3 is 2.67 bits per heavy atom. The number of benzene rings is 1. The van der Waals surface area contributed by atoms with Crippen LogP contribution in [0.25, 0.3) is 0 Å². The molecule has 3 rings (SSSR count). The lowest BCUT2D eigenvalue weighted by Crippen LogP contribution is -2.53. The van der Waals surface area contributed by atoms with E-state index in [1.54, 1.807) is 13.4 Å². The predicted molar refractivity (Wildman–Crippen MR) is 121 cm³/mol. The first-order valence-electron chi connectivity index (χ1n) is 10.9. The summed E-state index contributed by atoms with van der Waals surface area (Å²) in [5.74, 6) is 3.47.